The molecule has 144 valence electrons. The topological polar surface area (TPSA) is 71.9 Å². The maximum atomic E-state index is 14.5. The summed E-state index contributed by atoms with van der Waals surface area (Å²) in [5, 5.41) is 10.7. The average Bonchev–Trinajstić information content (AvgIpc) is 2.69. The molecule has 2 heterocycles. The molecule has 0 spiro atoms. The molecule has 1 aliphatic rings. The van der Waals surface area contributed by atoms with E-state index < -0.39 is 24.2 Å². The fourth-order valence-corrected chi connectivity index (χ4v) is 3.06. The summed E-state index contributed by atoms with van der Waals surface area (Å²) in [5.41, 5.74) is 0.926. The summed E-state index contributed by atoms with van der Waals surface area (Å²) in [4.78, 5) is 21.5. The van der Waals surface area contributed by atoms with Crippen molar-refractivity contribution in [3.05, 3.63) is 59.3 Å². The van der Waals surface area contributed by atoms with E-state index in [1.807, 2.05) is 0 Å². The molecule has 0 saturated carbocycles. The van der Waals surface area contributed by atoms with Crippen molar-refractivity contribution >= 4 is 5.97 Å². The lowest BCUT2D eigenvalue weighted by molar-refractivity contribution is -0.175. The third-order valence-corrected chi connectivity index (χ3v) is 4.52. The van der Waals surface area contributed by atoms with Gasteiger partial charge in [-0.2, -0.15) is 0 Å². The fraction of sp³-hybridized carbons (Fsp3) is 0.368. The maximum absolute atomic E-state index is 14.5. The first-order chi connectivity index (χ1) is 12.9. The summed E-state index contributed by atoms with van der Waals surface area (Å²) in [6, 6.07) is 9.81. The van der Waals surface area contributed by atoms with E-state index in [4.69, 9.17) is 9.57 Å². The number of hydroxylamine groups is 2. The molecular weight excluding hydrogens is 358 g/mol. The highest BCUT2D eigenvalue weighted by Gasteiger charge is 2.46. The number of piperidine rings is 1. The van der Waals surface area contributed by atoms with Gasteiger partial charge in [0.05, 0.1) is 25.2 Å². The maximum Gasteiger partial charge on any atom is 0.357 e. The minimum atomic E-state index is -2.99. The van der Waals surface area contributed by atoms with Gasteiger partial charge in [0.1, 0.15) is 0 Å². The Kier molecular flexibility index (Phi) is 5.67. The van der Waals surface area contributed by atoms with Crippen LogP contribution in [0.4, 0.5) is 8.78 Å². The Morgan fingerprint density at radius 3 is 2.78 bits per heavy atom. The molecule has 0 bridgehead atoms. The van der Waals surface area contributed by atoms with Crippen LogP contribution < -0.4 is 4.74 Å². The molecule has 8 heteroatoms. The number of aromatic nitrogens is 1. The normalized spacial score (nSPS) is 19.5. The highest BCUT2D eigenvalue weighted by atomic mass is 19.3. The van der Waals surface area contributed by atoms with E-state index in [0.717, 1.165) is 0 Å². The molecular formula is C19H20F2N2O4. The zero-order chi connectivity index (χ0) is 19.4. The second kappa shape index (κ2) is 7.98. The van der Waals surface area contributed by atoms with Gasteiger partial charge in [-0.3, -0.25) is 0 Å². The van der Waals surface area contributed by atoms with Crippen LogP contribution >= 0.6 is 0 Å². The lowest BCUT2D eigenvalue weighted by atomic mass is 9.88. The highest BCUT2D eigenvalue weighted by molar-refractivity contribution is 5.89. The Morgan fingerprint density at radius 2 is 2.11 bits per heavy atom. The lowest BCUT2D eigenvalue weighted by Gasteiger charge is -2.37. The van der Waals surface area contributed by atoms with Crippen LogP contribution in [-0.4, -0.2) is 47.2 Å². The number of ether oxygens (including phenoxy) is 1. The van der Waals surface area contributed by atoms with Crippen molar-refractivity contribution < 1.29 is 28.3 Å². The largest absolute Gasteiger partial charge is 0.481 e. The second-order valence-corrected chi connectivity index (χ2v) is 6.29. The number of aliphatic hydroxyl groups is 1. The quantitative estimate of drug-likeness (QED) is 0.863. The first kappa shape index (κ1) is 19.2. The molecule has 2 aromatic rings. The van der Waals surface area contributed by atoms with Crippen LogP contribution in [0.3, 0.4) is 0 Å². The van der Waals surface area contributed by atoms with Crippen molar-refractivity contribution in [3.63, 3.8) is 0 Å². The lowest BCUT2D eigenvalue weighted by Crippen LogP contribution is -2.46. The van der Waals surface area contributed by atoms with Crippen LogP contribution in [0.15, 0.2) is 42.6 Å². The van der Waals surface area contributed by atoms with E-state index in [1.54, 1.807) is 30.3 Å². The minimum Gasteiger partial charge on any atom is -0.481 e. The molecule has 1 saturated heterocycles. The Hall–Kier alpha value is -2.58. The number of methoxy groups -OCH3 is 1. The summed E-state index contributed by atoms with van der Waals surface area (Å²) in [6.45, 7) is -0.627. The van der Waals surface area contributed by atoms with Gasteiger partial charge in [0.2, 0.25) is 5.88 Å². The molecule has 1 aromatic carbocycles. The van der Waals surface area contributed by atoms with Crippen LogP contribution in [-0.2, 0) is 11.4 Å². The van der Waals surface area contributed by atoms with Gasteiger partial charge in [-0.15, -0.1) is 5.06 Å². The van der Waals surface area contributed by atoms with Gasteiger partial charge in [0, 0.05) is 31.3 Å². The Labute approximate surface area is 155 Å². The van der Waals surface area contributed by atoms with Gasteiger partial charge >= 0.3 is 5.97 Å². The minimum absolute atomic E-state index is 0.0709. The average molecular weight is 378 g/mol. The number of halogens is 2. The monoisotopic (exact) mass is 378 g/mol. The van der Waals surface area contributed by atoms with Crippen molar-refractivity contribution in [3.8, 4) is 5.88 Å². The first-order valence-corrected chi connectivity index (χ1v) is 8.48. The van der Waals surface area contributed by atoms with Crippen LogP contribution in [0, 0.1) is 0 Å². The van der Waals surface area contributed by atoms with E-state index in [2.05, 4.69) is 4.98 Å². The predicted molar refractivity (Wildman–Crippen MR) is 92.4 cm³/mol. The standard InChI is InChI=1S/C19H20F2N2O4/c1-26-17-15(12-24)9-14(10-22-17)16-11-23(8-7-19(16,20)21)27-18(25)13-5-3-2-4-6-13/h2-6,9-10,16,24H,7-8,11-12H2,1H3. The molecule has 1 aliphatic heterocycles. The number of rotatable bonds is 5. The Bertz CT molecular complexity index is 802. The van der Waals surface area contributed by atoms with Gasteiger partial charge in [-0.25, -0.2) is 18.6 Å². The molecule has 0 aliphatic carbocycles. The summed E-state index contributed by atoms with van der Waals surface area (Å²) in [5.74, 6) is -4.62. The summed E-state index contributed by atoms with van der Waals surface area (Å²) in [7, 11) is 1.39. The molecule has 1 unspecified atom stereocenters. The molecule has 27 heavy (non-hydrogen) atoms. The number of aliphatic hydroxyl groups excluding tert-OH is 1. The third kappa shape index (κ3) is 4.23. The number of nitrogens with zero attached hydrogens (tertiary/aromatic N) is 2. The number of alkyl halides is 2. The SMILES string of the molecule is COc1ncc(C2CN(OC(=O)c3ccccc3)CCC2(F)F)cc1CO. The van der Waals surface area contributed by atoms with E-state index in [-0.39, 0.29) is 31.1 Å². The number of hydrogen-bond acceptors (Lipinski definition) is 6. The summed E-state index contributed by atoms with van der Waals surface area (Å²) in [6.07, 6.45) is 0.847. The van der Waals surface area contributed by atoms with E-state index in [1.165, 1.54) is 24.4 Å². The number of carbonyl (C=O) groups is 1. The van der Waals surface area contributed by atoms with Crippen LogP contribution in [0.2, 0.25) is 0 Å². The van der Waals surface area contributed by atoms with E-state index in [9.17, 15) is 18.7 Å². The van der Waals surface area contributed by atoms with Crippen LogP contribution in [0.5, 0.6) is 5.88 Å². The number of hydrogen-bond donors (Lipinski definition) is 1. The van der Waals surface area contributed by atoms with Gasteiger partial charge in [-0.1, -0.05) is 18.2 Å². The van der Waals surface area contributed by atoms with Gasteiger partial charge in [0.25, 0.3) is 5.92 Å². The molecule has 0 radical (unpaired) electrons. The smallest absolute Gasteiger partial charge is 0.357 e. The fourth-order valence-electron chi connectivity index (χ4n) is 3.06. The summed E-state index contributed by atoms with van der Waals surface area (Å²) < 4.78 is 34.1. The predicted octanol–water partition coefficient (Wildman–Crippen LogP) is 2.78. The molecule has 3 rings (SSSR count). The Balaban J connectivity index is 1.79. The molecule has 0 amide bonds. The molecule has 6 nitrogen and oxygen atoms in total. The number of pyridine rings is 1. The number of benzene rings is 1. The highest BCUT2D eigenvalue weighted by Crippen LogP contribution is 2.41. The second-order valence-electron chi connectivity index (χ2n) is 6.29. The first-order valence-electron chi connectivity index (χ1n) is 8.48. The van der Waals surface area contributed by atoms with Crippen LogP contribution in [0.25, 0.3) is 0 Å². The molecule has 1 atom stereocenters. The van der Waals surface area contributed by atoms with E-state index in [0.29, 0.717) is 11.1 Å². The van der Waals surface area contributed by atoms with E-state index >= 15 is 0 Å². The molecule has 1 aromatic heterocycles. The number of carbonyl (C=O) groups excluding carboxylic acids is 1. The zero-order valence-electron chi connectivity index (χ0n) is 14.8. The summed E-state index contributed by atoms with van der Waals surface area (Å²) >= 11 is 0. The Morgan fingerprint density at radius 1 is 1.37 bits per heavy atom. The van der Waals surface area contributed by atoms with Gasteiger partial charge in [0.15, 0.2) is 0 Å². The van der Waals surface area contributed by atoms with Gasteiger partial charge in [-0.05, 0) is 23.8 Å². The molecule has 1 N–H and O–H groups in total. The van der Waals surface area contributed by atoms with Crippen LogP contribution in [0.1, 0.15) is 33.8 Å². The van der Waals surface area contributed by atoms with Crippen molar-refractivity contribution in [2.24, 2.45) is 0 Å². The van der Waals surface area contributed by atoms with Crippen molar-refractivity contribution in [2.45, 2.75) is 24.9 Å². The zero-order valence-corrected chi connectivity index (χ0v) is 14.8. The molecule has 1 fully saturated rings. The van der Waals surface area contributed by atoms with Crippen molar-refractivity contribution in [1.82, 2.24) is 10.0 Å². The third-order valence-electron chi connectivity index (χ3n) is 4.52. The van der Waals surface area contributed by atoms with Crippen molar-refractivity contribution in [2.75, 3.05) is 20.2 Å². The van der Waals surface area contributed by atoms with Crippen molar-refractivity contribution in [1.29, 1.82) is 0 Å². The van der Waals surface area contributed by atoms with Gasteiger partial charge < -0.3 is 14.7 Å².